The normalized spacial score (nSPS) is 23.1. The first-order valence-electron chi connectivity index (χ1n) is 8.96. The van der Waals surface area contributed by atoms with Crippen LogP contribution in [0.5, 0.6) is 0 Å². The van der Waals surface area contributed by atoms with Crippen LogP contribution in [-0.2, 0) is 11.8 Å². The van der Waals surface area contributed by atoms with Crippen LogP contribution in [0.25, 0.3) is 0 Å². The molecule has 2 rings (SSSR count). The number of aromatic nitrogens is 2. The zero-order valence-corrected chi connectivity index (χ0v) is 15.5. The fourth-order valence-electron chi connectivity index (χ4n) is 3.72. The summed E-state index contributed by atoms with van der Waals surface area (Å²) in [5.41, 5.74) is 1.36. The van der Waals surface area contributed by atoms with E-state index in [1.54, 1.807) is 0 Å². The first-order valence-corrected chi connectivity index (χ1v) is 8.96. The van der Waals surface area contributed by atoms with Crippen molar-refractivity contribution in [2.75, 3.05) is 40.3 Å². The molecule has 0 aliphatic carbocycles. The minimum absolute atomic E-state index is 0.335. The number of aryl methyl sites for hydroxylation is 1. The second-order valence-electron chi connectivity index (χ2n) is 7.31. The van der Waals surface area contributed by atoms with Gasteiger partial charge in [-0.2, -0.15) is 5.10 Å². The van der Waals surface area contributed by atoms with E-state index in [0.29, 0.717) is 18.1 Å². The second kappa shape index (κ2) is 8.81. The molecule has 0 saturated carbocycles. The summed E-state index contributed by atoms with van der Waals surface area (Å²) < 4.78 is 7.57. The second-order valence-corrected chi connectivity index (χ2v) is 7.31. The van der Waals surface area contributed by atoms with E-state index < -0.39 is 0 Å². The Labute approximate surface area is 141 Å². The first-order chi connectivity index (χ1) is 11.0. The molecule has 2 heterocycles. The van der Waals surface area contributed by atoms with Crippen molar-refractivity contribution >= 4 is 0 Å². The van der Waals surface area contributed by atoms with Gasteiger partial charge in [0.15, 0.2) is 0 Å². The van der Waals surface area contributed by atoms with Crippen molar-refractivity contribution < 1.29 is 4.74 Å². The van der Waals surface area contributed by atoms with Crippen molar-refractivity contribution in [2.45, 2.75) is 45.3 Å². The number of hydrogen-bond donors (Lipinski definition) is 0. The van der Waals surface area contributed by atoms with Crippen molar-refractivity contribution in [3.8, 4) is 0 Å². The molecule has 0 N–H and O–H groups in total. The van der Waals surface area contributed by atoms with Gasteiger partial charge >= 0.3 is 0 Å². The quantitative estimate of drug-likeness (QED) is 0.689. The van der Waals surface area contributed by atoms with E-state index in [9.17, 15) is 0 Å². The van der Waals surface area contributed by atoms with Crippen LogP contribution in [-0.4, -0.2) is 66.0 Å². The van der Waals surface area contributed by atoms with Crippen molar-refractivity contribution in [2.24, 2.45) is 13.0 Å². The maximum atomic E-state index is 5.65. The Bertz CT molecular complexity index is 460. The molecule has 0 aromatic carbocycles. The SMILES string of the molecule is CC(C)OCCCN(C)C[C@@H]1CCCN(C)[C@H]1c1cnn(C)c1. The van der Waals surface area contributed by atoms with E-state index >= 15 is 0 Å². The van der Waals surface area contributed by atoms with Gasteiger partial charge in [-0.3, -0.25) is 9.58 Å². The number of likely N-dealkylation sites (tertiary alicyclic amines) is 1. The molecule has 1 aromatic heterocycles. The molecule has 1 aliphatic rings. The molecule has 5 nitrogen and oxygen atoms in total. The van der Waals surface area contributed by atoms with Crippen molar-refractivity contribution in [1.82, 2.24) is 19.6 Å². The maximum absolute atomic E-state index is 5.65. The van der Waals surface area contributed by atoms with Gasteiger partial charge in [-0.05, 0) is 59.7 Å². The molecule has 0 amide bonds. The minimum Gasteiger partial charge on any atom is -0.379 e. The molecule has 0 unspecified atom stereocenters. The predicted molar refractivity (Wildman–Crippen MR) is 94.5 cm³/mol. The van der Waals surface area contributed by atoms with Crippen LogP contribution in [0, 0.1) is 5.92 Å². The highest BCUT2D eigenvalue weighted by Gasteiger charge is 2.31. The topological polar surface area (TPSA) is 33.5 Å². The number of ether oxygens (including phenoxy) is 1. The molecule has 1 aliphatic heterocycles. The van der Waals surface area contributed by atoms with Crippen LogP contribution in [0.2, 0.25) is 0 Å². The Morgan fingerprint density at radius 3 is 2.83 bits per heavy atom. The van der Waals surface area contributed by atoms with Gasteiger partial charge in [-0.25, -0.2) is 0 Å². The molecule has 0 spiro atoms. The van der Waals surface area contributed by atoms with Crippen LogP contribution in [0.4, 0.5) is 0 Å². The van der Waals surface area contributed by atoms with E-state index in [-0.39, 0.29) is 0 Å². The Balaban J connectivity index is 1.88. The summed E-state index contributed by atoms with van der Waals surface area (Å²) in [5, 5.41) is 4.38. The molecule has 2 atom stereocenters. The summed E-state index contributed by atoms with van der Waals surface area (Å²) in [6.45, 7) is 8.49. The zero-order chi connectivity index (χ0) is 16.8. The summed E-state index contributed by atoms with van der Waals surface area (Å²) in [4.78, 5) is 4.97. The van der Waals surface area contributed by atoms with Gasteiger partial charge < -0.3 is 9.64 Å². The number of rotatable bonds is 8. The fraction of sp³-hybridized carbons (Fsp3) is 0.833. The van der Waals surface area contributed by atoms with Crippen molar-refractivity contribution in [3.63, 3.8) is 0 Å². The van der Waals surface area contributed by atoms with Gasteiger partial charge in [-0.1, -0.05) is 0 Å². The highest BCUT2D eigenvalue weighted by molar-refractivity contribution is 5.13. The lowest BCUT2D eigenvalue weighted by Crippen LogP contribution is -2.41. The van der Waals surface area contributed by atoms with Crippen LogP contribution < -0.4 is 0 Å². The van der Waals surface area contributed by atoms with Crippen LogP contribution in [0.3, 0.4) is 0 Å². The molecule has 5 heteroatoms. The summed E-state index contributed by atoms with van der Waals surface area (Å²) >= 11 is 0. The third-order valence-corrected chi connectivity index (χ3v) is 4.76. The van der Waals surface area contributed by atoms with E-state index in [0.717, 1.165) is 26.1 Å². The smallest absolute Gasteiger partial charge is 0.0537 e. The van der Waals surface area contributed by atoms with Gasteiger partial charge in [0.05, 0.1) is 12.3 Å². The molecule has 0 bridgehead atoms. The zero-order valence-electron chi connectivity index (χ0n) is 15.5. The average Bonchev–Trinajstić information content (AvgIpc) is 2.90. The van der Waals surface area contributed by atoms with Crippen molar-refractivity contribution in [1.29, 1.82) is 0 Å². The fourth-order valence-corrected chi connectivity index (χ4v) is 3.72. The lowest BCUT2D eigenvalue weighted by atomic mass is 9.86. The van der Waals surface area contributed by atoms with Gasteiger partial charge in [0.2, 0.25) is 0 Å². The van der Waals surface area contributed by atoms with Crippen LogP contribution in [0.15, 0.2) is 12.4 Å². The predicted octanol–water partition coefficient (Wildman–Crippen LogP) is 2.55. The molecule has 1 fully saturated rings. The van der Waals surface area contributed by atoms with Gasteiger partial charge in [0, 0.05) is 44.5 Å². The number of piperidine rings is 1. The molecule has 1 aromatic rings. The minimum atomic E-state index is 0.335. The lowest BCUT2D eigenvalue weighted by Gasteiger charge is -2.40. The van der Waals surface area contributed by atoms with Gasteiger partial charge in [-0.15, -0.1) is 0 Å². The maximum Gasteiger partial charge on any atom is 0.0537 e. The summed E-state index contributed by atoms with van der Waals surface area (Å²) in [6.07, 6.45) is 8.25. The third-order valence-electron chi connectivity index (χ3n) is 4.76. The molecule has 23 heavy (non-hydrogen) atoms. The highest BCUT2D eigenvalue weighted by Crippen LogP contribution is 2.35. The Hall–Kier alpha value is -0.910. The van der Waals surface area contributed by atoms with Crippen LogP contribution in [0.1, 0.15) is 44.7 Å². The lowest BCUT2D eigenvalue weighted by molar-refractivity contribution is 0.0644. The Morgan fingerprint density at radius 2 is 2.17 bits per heavy atom. The first kappa shape index (κ1) is 18.4. The largest absolute Gasteiger partial charge is 0.379 e. The van der Waals surface area contributed by atoms with Gasteiger partial charge in [0.1, 0.15) is 0 Å². The molecule has 1 saturated heterocycles. The highest BCUT2D eigenvalue weighted by atomic mass is 16.5. The monoisotopic (exact) mass is 322 g/mol. The standard InChI is InChI=1S/C18H34N4O/c1-15(2)23-11-7-9-20(3)13-16-8-6-10-21(4)18(16)17-12-19-22(5)14-17/h12,14-16,18H,6-11,13H2,1-5H3/t16-,18+/m0/s1. The summed E-state index contributed by atoms with van der Waals surface area (Å²) in [6, 6.07) is 0.492. The molecular weight excluding hydrogens is 288 g/mol. The van der Waals surface area contributed by atoms with E-state index in [1.807, 2.05) is 17.9 Å². The Morgan fingerprint density at radius 1 is 1.39 bits per heavy atom. The Kier molecular flexibility index (Phi) is 7.06. The van der Waals surface area contributed by atoms with Crippen LogP contribution >= 0.6 is 0 Å². The van der Waals surface area contributed by atoms with E-state index in [4.69, 9.17) is 4.74 Å². The van der Waals surface area contributed by atoms with Crippen molar-refractivity contribution in [3.05, 3.63) is 18.0 Å². The van der Waals surface area contributed by atoms with E-state index in [2.05, 4.69) is 49.0 Å². The average molecular weight is 322 g/mol. The summed E-state index contributed by atoms with van der Waals surface area (Å²) in [5.74, 6) is 0.675. The number of hydrogen-bond acceptors (Lipinski definition) is 4. The van der Waals surface area contributed by atoms with Gasteiger partial charge in [0.25, 0.3) is 0 Å². The molecular formula is C18H34N4O. The number of nitrogens with zero attached hydrogens (tertiary/aromatic N) is 4. The molecule has 0 radical (unpaired) electrons. The summed E-state index contributed by atoms with van der Waals surface area (Å²) in [7, 11) is 6.49. The van der Waals surface area contributed by atoms with E-state index in [1.165, 1.54) is 24.9 Å². The molecule has 132 valence electrons. The third kappa shape index (κ3) is 5.59.